The number of rotatable bonds is 4. The molecular formula is C16H17N5. The van der Waals surface area contributed by atoms with Gasteiger partial charge in [-0.1, -0.05) is 30.3 Å². The Bertz CT molecular complexity index is 720. The molecule has 0 aliphatic heterocycles. The summed E-state index contributed by atoms with van der Waals surface area (Å²) in [5.74, 6) is 2.62. The van der Waals surface area contributed by atoms with Gasteiger partial charge in [0.1, 0.15) is 23.8 Å². The third kappa shape index (κ3) is 2.91. The molecule has 0 amide bonds. The molecule has 3 aromatic rings. The molecule has 0 aliphatic rings. The van der Waals surface area contributed by atoms with Crippen molar-refractivity contribution < 1.29 is 0 Å². The number of benzene rings is 1. The highest BCUT2D eigenvalue weighted by Crippen LogP contribution is 2.15. The fraction of sp³-hybridized carbons (Fsp3) is 0.188. The molecule has 2 aromatic heterocycles. The van der Waals surface area contributed by atoms with Crippen LogP contribution in [0.2, 0.25) is 0 Å². The highest BCUT2D eigenvalue weighted by atomic mass is 15.2. The van der Waals surface area contributed by atoms with Crippen molar-refractivity contribution in [1.82, 2.24) is 19.5 Å². The van der Waals surface area contributed by atoms with Gasteiger partial charge in [-0.05, 0) is 12.5 Å². The van der Waals surface area contributed by atoms with Crippen molar-refractivity contribution in [2.75, 3.05) is 11.9 Å². The summed E-state index contributed by atoms with van der Waals surface area (Å²) in [4.78, 5) is 15.0. The van der Waals surface area contributed by atoms with Gasteiger partial charge in [-0.15, -0.1) is 0 Å². The lowest BCUT2D eigenvalue weighted by Crippen LogP contribution is -2.18. The molecule has 0 radical (unpaired) electrons. The maximum absolute atomic E-state index is 4.36. The Balaban J connectivity index is 1.84. The SMILES string of the molecule is Cc1nccn1-c1cc(N(C)Cc2ccccc2)ncn1. The largest absolute Gasteiger partial charge is 0.355 e. The summed E-state index contributed by atoms with van der Waals surface area (Å²) in [5, 5.41) is 0. The number of hydrogen-bond acceptors (Lipinski definition) is 4. The molecule has 1 aromatic carbocycles. The summed E-state index contributed by atoms with van der Waals surface area (Å²) in [6.07, 6.45) is 5.26. The van der Waals surface area contributed by atoms with Gasteiger partial charge in [0.15, 0.2) is 0 Å². The van der Waals surface area contributed by atoms with Crippen LogP contribution < -0.4 is 4.90 Å². The van der Waals surface area contributed by atoms with Crippen LogP contribution >= 0.6 is 0 Å². The van der Waals surface area contributed by atoms with E-state index in [1.807, 2.05) is 49.0 Å². The second-order valence-corrected chi connectivity index (χ2v) is 4.92. The van der Waals surface area contributed by atoms with Gasteiger partial charge < -0.3 is 4.90 Å². The predicted octanol–water partition coefficient (Wildman–Crippen LogP) is 2.61. The molecular weight excluding hydrogens is 262 g/mol. The Morgan fingerprint density at radius 2 is 1.90 bits per heavy atom. The lowest BCUT2D eigenvalue weighted by Gasteiger charge is -2.18. The molecule has 0 saturated heterocycles. The molecule has 3 rings (SSSR count). The summed E-state index contributed by atoms with van der Waals surface area (Å²) < 4.78 is 1.95. The summed E-state index contributed by atoms with van der Waals surface area (Å²) in [5.41, 5.74) is 1.25. The number of hydrogen-bond donors (Lipinski definition) is 0. The quantitative estimate of drug-likeness (QED) is 0.736. The number of anilines is 1. The highest BCUT2D eigenvalue weighted by Gasteiger charge is 2.07. The van der Waals surface area contributed by atoms with E-state index < -0.39 is 0 Å². The molecule has 5 heteroatoms. The number of nitrogens with zero attached hydrogens (tertiary/aromatic N) is 5. The number of aryl methyl sites for hydroxylation is 1. The zero-order valence-corrected chi connectivity index (χ0v) is 12.1. The van der Waals surface area contributed by atoms with Gasteiger partial charge in [0, 0.05) is 32.1 Å². The topological polar surface area (TPSA) is 46.8 Å². The monoisotopic (exact) mass is 279 g/mol. The van der Waals surface area contributed by atoms with Crippen molar-refractivity contribution in [2.24, 2.45) is 0 Å². The summed E-state index contributed by atoms with van der Waals surface area (Å²) in [6, 6.07) is 12.3. The van der Waals surface area contributed by atoms with Gasteiger partial charge in [-0.25, -0.2) is 15.0 Å². The lowest BCUT2D eigenvalue weighted by atomic mass is 10.2. The normalized spacial score (nSPS) is 10.6. The number of imidazole rings is 1. The molecule has 0 unspecified atom stereocenters. The first-order valence-corrected chi connectivity index (χ1v) is 6.81. The van der Waals surface area contributed by atoms with E-state index in [1.165, 1.54) is 5.56 Å². The maximum atomic E-state index is 4.36. The zero-order chi connectivity index (χ0) is 14.7. The first-order chi connectivity index (χ1) is 10.2. The summed E-state index contributed by atoms with van der Waals surface area (Å²) in [6.45, 7) is 2.76. The summed E-state index contributed by atoms with van der Waals surface area (Å²) in [7, 11) is 2.03. The average molecular weight is 279 g/mol. The molecule has 0 bridgehead atoms. The van der Waals surface area contributed by atoms with Crippen LogP contribution in [0.15, 0.2) is 55.1 Å². The van der Waals surface area contributed by atoms with E-state index >= 15 is 0 Å². The first-order valence-electron chi connectivity index (χ1n) is 6.81. The van der Waals surface area contributed by atoms with Crippen LogP contribution in [0.3, 0.4) is 0 Å². The fourth-order valence-electron chi connectivity index (χ4n) is 2.24. The van der Waals surface area contributed by atoms with Crippen molar-refractivity contribution in [1.29, 1.82) is 0 Å². The predicted molar refractivity (Wildman–Crippen MR) is 82.4 cm³/mol. The van der Waals surface area contributed by atoms with E-state index in [9.17, 15) is 0 Å². The van der Waals surface area contributed by atoms with Gasteiger partial charge >= 0.3 is 0 Å². The van der Waals surface area contributed by atoms with Crippen molar-refractivity contribution in [3.05, 3.63) is 66.5 Å². The molecule has 0 aliphatic carbocycles. The van der Waals surface area contributed by atoms with Crippen LogP contribution in [0.4, 0.5) is 5.82 Å². The molecule has 0 N–H and O–H groups in total. The minimum absolute atomic E-state index is 0.806. The lowest BCUT2D eigenvalue weighted by molar-refractivity contribution is 0.869. The van der Waals surface area contributed by atoms with Crippen molar-refractivity contribution in [3.8, 4) is 5.82 Å². The van der Waals surface area contributed by atoms with Crippen LogP contribution in [0.1, 0.15) is 11.4 Å². The minimum Gasteiger partial charge on any atom is -0.355 e. The zero-order valence-electron chi connectivity index (χ0n) is 12.1. The maximum Gasteiger partial charge on any atom is 0.143 e. The smallest absolute Gasteiger partial charge is 0.143 e. The molecule has 0 saturated carbocycles. The average Bonchev–Trinajstić information content (AvgIpc) is 2.94. The van der Waals surface area contributed by atoms with E-state index in [0.717, 1.165) is 24.0 Å². The van der Waals surface area contributed by atoms with E-state index in [-0.39, 0.29) is 0 Å². The molecule has 5 nitrogen and oxygen atoms in total. The Kier molecular flexibility index (Phi) is 3.64. The third-order valence-electron chi connectivity index (χ3n) is 3.36. The minimum atomic E-state index is 0.806. The van der Waals surface area contributed by atoms with E-state index in [2.05, 4.69) is 32.0 Å². The Hall–Kier alpha value is -2.69. The first kappa shape index (κ1) is 13.3. The molecule has 0 atom stereocenters. The molecule has 0 spiro atoms. The van der Waals surface area contributed by atoms with Crippen LogP contribution in [-0.4, -0.2) is 26.6 Å². The Morgan fingerprint density at radius 1 is 1.10 bits per heavy atom. The van der Waals surface area contributed by atoms with Gasteiger partial charge in [-0.3, -0.25) is 4.57 Å². The molecule has 106 valence electrons. The van der Waals surface area contributed by atoms with Gasteiger partial charge in [0.05, 0.1) is 0 Å². The van der Waals surface area contributed by atoms with E-state index in [0.29, 0.717) is 0 Å². The molecule has 2 heterocycles. The van der Waals surface area contributed by atoms with E-state index in [4.69, 9.17) is 0 Å². The van der Waals surface area contributed by atoms with E-state index in [1.54, 1.807) is 12.5 Å². The third-order valence-corrected chi connectivity index (χ3v) is 3.36. The second kappa shape index (κ2) is 5.75. The Morgan fingerprint density at radius 3 is 2.62 bits per heavy atom. The number of aromatic nitrogens is 4. The highest BCUT2D eigenvalue weighted by molar-refractivity contribution is 5.43. The van der Waals surface area contributed by atoms with Crippen LogP contribution in [0.25, 0.3) is 5.82 Å². The van der Waals surface area contributed by atoms with Gasteiger partial charge in [0.2, 0.25) is 0 Å². The molecule has 0 fully saturated rings. The fourth-order valence-corrected chi connectivity index (χ4v) is 2.24. The Labute approximate surface area is 123 Å². The van der Waals surface area contributed by atoms with Crippen molar-refractivity contribution in [2.45, 2.75) is 13.5 Å². The van der Waals surface area contributed by atoms with Crippen LogP contribution in [-0.2, 0) is 6.54 Å². The molecule has 21 heavy (non-hydrogen) atoms. The van der Waals surface area contributed by atoms with Crippen molar-refractivity contribution >= 4 is 5.82 Å². The van der Waals surface area contributed by atoms with Crippen molar-refractivity contribution in [3.63, 3.8) is 0 Å². The van der Waals surface area contributed by atoms with Crippen LogP contribution in [0, 0.1) is 6.92 Å². The van der Waals surface area contributed by atoms with Crippen LogP contribution in [0.5, 0.6) is 0 Å². The standard InChI is InChI=1S/C16H17N5/c1-13-17-8-9-21(13)16-10-15(18-12-19-16)20(2)11-14-6-4-3-5-7-14/h3-10,12H,11H2,1-2H3. The second-order valence-electron chi connectivity index (χ2n) is 4.92. The van der Waals surface area contributed by atoms with Gasteiger partial charge in [-0.2, -0.15) is 0 Å². The van der Waals surface area contributed by atoms with Gasteiger partial charge in [0.25, 0.3) is 0 Å². The summed E-state index contributed by atoms with van der Waals surface area (Å²) >= 11 is 0.